The molecule has 0 radical (unpaired) electrons. The van der Waals surface area contributed by atoms with Crippen LogP contribution in [0.15, 0.2) is 0 Å². The molecule has 0 aliphatic carbocycles. The minimum atomic E-state index is -5.01. The normalized spacial score (nSPS) is 13.9. The summed E-state index contributed by atoms with van der Waals surface area (Å²) in [5, 5.41) is -2.06. The van der Waals surface area contributed by atoms with Gasteiger partial charge in [0.2, 0.25) is 0 Å². The van der Waals surface area contributed by atoms with E-state index in [1.54, 1.807) is 0 Å². The monoisotopic (exact) mass is 508 g/mol. The van der Waals surface area contributed by atoms with Crippen molar-refractivity contribution < 1.29 is 81.1 Å². The number of carbonyl (C=O) groups excluding carboxylic acids is 2. The summed E-state index contributed by atoms with van der Waals surface area (Å²) in [7, 11) is -5.01. The maximum Gasteiger partial charge on any atom is 1.00 e. The zero-order valence-electron chi connectivity index (χ0n) is 19.5. The van der Waals surface area contributed by atoms with Crippen molar-refractivity contribution in [3.05, 3.63) is 0 Å². The Balaban J connectivity index is -0.00000364. The summed E-state index contributed by atoms with van der Waals surface area (Å²) >= 11 is 0. The summed E-state index contributed by atoms with van der Waals surface area (Å²) in [5.74, 6) is -1.74. The van der Waals surface area contributed by atoms with E-state index in [-0.39, 0.29) is 74.1 Å². The quantitative estimate of drug-likeness (QED) is 0.172. The Kier molecular flexibility index (Phi) is 23.5. The Hall–Kier alpha value is 0.473. The van der Waals surface area contributed by atoms with E-state index in [9.17, 15) is 22.6 Å². The van der Waals surface area contributed by atoms with Gasteiger partial charge in [0.15, 0.2) is 5.25 Å². The van der Waals surface area contributed by atoms with Crippen LogP contribution in [0.2, 0.25) is 0 Å². The molecule has 0 aromatic carbocycles. The van der Waals surface area contributed by atoms with Gasteiger partial charge in [-0.3, -0.25) is 9.59 Å². The van der Waals surface area contributed by atoms with Crippen LogP contribution >= 0.6 is 0 Å². The number of unbranched alkanes of at least 4 members (excludes halogenated alkanes) is 2. The molecule has 0 saturated carbocycles. The van der Waals surface area contributed by atoms with E-state index in [4.69, 9.17) is 9.47 Å². The standard InChI is InChI=1S/C20H38O7S.Na.Zn/c1-5-9-11-16(7-3)14-26-19(21)13-18(28(23,24)25)20(22)27-15-17(8-4)12-10-6-2;;/h16-18H,5-15H2,1-4H3,(H,23,24,25);;/q;+1;/p-1. The van der Waals surface area contributed by atoms with Crippen LogP contribution in [0, 0.1) is 11.8 Å². The first kappa shape index (κ1) is 35.1. The maximum absolute atomic E-state index is 12.1. The molecule has 3 unspecified atom stereocenters. The van der Waals surface area contributed by atoms with Gasteiger partial charge in [0.05, 0.1) is 19.6 Å². The number of esters is 2. The number of hydrogen-bond donors (Lipinski definition) is 0. The van der Waals surface area contributed by atoms with Crippen LogP contribution < -0.4 is 29.6 Å². The van der Waals surface area contributed by atoms with Crippen molar-refractivity contribution in [1.29, 1.82) is 0 Å². The third-order valence-corrected chi connectivity index (χ3v) is 6.05. The molecule has 0 spiro atoms. The van der Waals surface area contributed by atoms with E-state index in [1.807, 2.05) is 13.8 Å². The molecule has 0 aliphatic heterocycles. The van der Waals surface area contributed by atoms with Crippen molar-refractivity contribution in [1.82, 2.24) is 0 Å². The summed E-state index contributed by atoms with van der Waals surface area (Å²) < 4.78 is 44.6. The number of hydrogen-bond acceptors (Lipinski definition) is 7. The van der Waals surface area contributed by atoms with Gasteiger partial charge in [-0.2, -0.15) is 0 Å². The van der Waals surface area contributed by atoms with Gasteiger partial charge in [0, 0.05) is 19.5 Å². The minimum Gasteiger partial charge on any atom is -0.747 e. The summed E-state index contributed by atoms with van der Waals surface area (Å²) in [4.78, 5) is 24.1. The zero-order chi connectivity index (χ0) is 21.6. The van der Waals surface area contributed by atoms with Crippen molar-refractivity contribution in [3.63, 3.8) is 0 Å². The van der Waals surface area contributed by atoms with Gasteiger partial charge in [-0.25, -0.2) is 8.42 Å². The third-order valence-electron chi connectivity index (χ3n) is 4.99. The fraction of sp³-hybridized carbons (Fsp3) is 0.900. The van der Waals surface area contributed by atoms with Gasteiger partial charge < -0.3 is 14.0 Å². The molecule has 0 fully saturated rings. The molecule has 0 aliphatic rings. The Bertz CT molecular complexity index is 557. The molecule has 0 heterocycles. The first-order chi connectivity index (χ1) is 13.2. The predicted octanol–water partition coefficient (Wildman–Crippen LogP) is 0.811. The smallest absolute Gasteiger partial charge is 0.747 e. The van der Waals surface area contributed by atoms with Gasteiger partial charge in [-0.05, 0) is 24.7 Å². The van der Waals surface area contributed by atoms with E-state index in [0.717, 1.165) is 51.4 Å². The number of ether oxygens (including phenoxy) is 2. The molecule has 0 aromatic rings. The van der Waals surface area contributed by atoms with Crippen LogP contribution in [0.5, 0.6) is 0 Å². The van der Waals surface area contributed by atoms with Gasteiger partial charge in [-0.15, -0.1) is 0 Å². The van der Waals surface area contributed by atoms with Crippen LogP contribution in [0.1, 0.15) is 85.5 Å². The minimum absolute atomic E-state index is 0. The molecule has 168 valence electrons. The van der Waals surface area contributed by atoms with Crippen molar-refractivity contribution in [2.45, 2.75) is 90.7 Å². The largest absolute Gasteiger partial charge is 1.00 e. The molecule has 3 atom stereocenters. The SMILES string of the molecule is CCCCC(CC)COC(=O)CC(C(=O)OCC(CC)CCCC)S(=O)(=O)[O-].[Na+].[Zn]. The molecule has 0 saturated heterocycles. The Labute approximate surface area is 217 Å². The van der Waals surface area contributed by atoms with Crippen LogP contribution in [-0.2, 0) is 48.7 Å². The van der Waals surface area contributed by atoms with Crippen LogP contribution in [0.25, 0.3) is 0 Å². The van der Waals surface area contributed by atoms with Crippen molar-refractivity contribution in [3.8, 4) is 0 Å². The predicted molar refractivity (Wildman–Crippen MR) is 107 cm³/mol. The first-order valence-corrected chi connectivity index (χ1v) is 11.9. The van der Waals surface area contributed by atoms with Crippen molar-refractivity contribution in [2.24, 2.45) is 11.8 Å². The topological polar surface area (TPSA) is 110 Å². The maximum atomic E-state index is 12.1. The van der Waals surface area contributed by atoms with Gasteiger partial charge in [0.25, 0.3) is 0 Å². The summed E-state index contributed by atoms with van der Waals surface area (Å²) in [6.45, 7) is 8.26. The molecular formula is C20H37NaO7SZn. The molecule has 10 heteroatoms. The summed E-state index contributed by atoms with van der Waals surface area (Å²) in [6, 6.07) is 0. The van der Waals surface area contributed by atoms with E-state index in [1.165, 1.54) is 0 Å². The zero-order valence-corrected chi connectivity index (χ0v) is 25.3. The van der Waals surface area contributed by atoms with E-state index in [2.05, 4.69) is 13.8 Å². The van der Waals surface area contributed by atoms with E-state index in [0.29, 0.717) is 0 Å². The summed E-state index contributed by atoms with van der Waals surface area (Å²) in [5.41, 5.74) is 0. The second-order valence-corrected chi connectivity index (χ2v) is 8.89. The van der Waals surface area contributed by atoms with E-state index < -0.39 is 33.7 Å². The average Bonchev–Trinajstić information content (AvgIpc) is 2.65. The Morgan fingerprint density at radius 3 is 1.67 bits per heavy atom. The molecule has 0 rings (SSSR count). The number of rotatable bonds is 16. The summed E-state index contributed by atoms with van der Waals surface area (Å²) in [6.07, 6.45) is 6.58. The Morgan fingerprint density at radius 1 is 0.867 bits per heavy atom. The average molecular weight is 510 g/mol. The third kappa shape index (κ3) is 16.2. The Morgan fingerprint density at radius 2 is 1.30 bits per heavy atom. The fourth-order valence-corrected chi connectivity index (χ4v) is 3.46. The molecule has 0 N–H and O–H groups in total. The molecular weight excluding hydrogens is 473 g/mol. The molecule has 0 aromatic heterocycles. The fourth-order valence-electron chi connectivity index (χ4n) is 2.81. The molecule has 7 nitrogen and oxygen atoms in total. The van der Waals surface area contributed by atoms with E-state index >= 15 is 0 Å². The van der Waals surface area contributed by atoms with Gasteiger partial charge in [0.1, 0.15) is 10.1 Å². The van der Waals surface area contributed by atoms with Crippen molar-refractivity contribution in [2.75, 3.05) is 13.2 Å². The number of carbonyl (C=O) groups is 2. The van der Waals surface area contributed by atoms with Gasteiger partial charge in [-0.1, -0.05) is 66.2 Å². The van der Waals surface area contributed by atoms with Crippen LogP contribution in [-0.4, -0.2) is 43.4 Å². The van der Waals surface area contributed by atoms with Crippen LogP contribution in [0.4, 0.5) is 0 Å². The second kappa shape index (κ2) is 20.1. The van der Waals surface area contributed by atoms with Crippen molar-refractivity contribution >= 4 is 22.1 Å². The van der Waals surface area contributed by atoms with Gasteiger partial charge >= 0.3 is 41.5 Å². The van der Waals surface area contributed by atoms with Crippen LogP contribution in [0.3, 0.4) is 0 Å². The second-order valence-electron chi connectivity index (χ2n) is 7.33. The molecule has 0 bridgehead atoms. The first-order valence-electron chi connectivity index (χ1n) is 10.5. The molecule has 0 amide bonds. The molecule has 30 heavy (non-hydrogen) atoms.